The molecule has 31 heavy (non-hydrogen) atoms. The third-order valence-corrected chi connectivity index (χ3v) is 5.17. The van der Waals surface area contributed by atoms with Crippen molar-refractivity contribution in [3.05, 3.63) is 124 Å². The van der Waals surface area contributed by atoms with Gasteiger partial charge in [-0.25, -0.2) is 14.3 Å². The number of hydrogen-bond acceptors (Lipinski definition) is 3. The second kappa shape index (κ2) is 8.68. The predicted octanol–water partition coefficient (Wildman–Crippen LogP) is 5.99. The van der Waals surface area contributed by atoms with Gasteiger partial charge in [-0.15, -0.1) is 0 Å². The molecule has 0 saturated heterocycles. The van der Waals surface area contributed by atoms with E-state index in [0.29, 0.717) is 11.3 Å². The number of aryl methyl sites for hydroxylation is 1. The van der Waals surface area contributed by atoms with E-state index in [-0.39, 0.29) is 5.97 Å². The predicted molar refractivity (Wildman–Crippen MR) is 119 cm³/mol. The van der Waals surface area contributed by atoms with Crippen LogP contribution in [0.3, 0.4) is 0 Å². The van der Waals surface area contributed by atoms with Crippen LogP contribution in [0.2, 0.25) is 0 Å². The Bertz CT molecular complexity index is 1240. The van der Waals surface area contributed by atoms with Gasteiger partial charge in [-0.3, -0.25) is 0 Å². The molecule has 0 bridgehead atoms. The summed E-state index contributed by atoms with van der Waals surface area (Å²) in [4.78, 5) is 16.3. The van der Waals surface area contributed by atoms with Crippen molar-refractivity contribution in [1.29, 1.82) is 0 Å². The minimum atomic E-state index is -0.592. The zero-order chi connectivity index (χ0) is 21.8. The van der Waals surface area contributed by atoms with E-state index in [1.165, 1.54) is 0 Å². The maximum absolute atomic E-state index is 12.9. The summed E-state index contributed by atoms with van der Waals surface area (Å²) in [5, 5.41) is 4.71. The fraction of sp³-hybridized carbons (Fsp3) is 0.115. The Morgan fingerprint density at radius 3 is 2.16 bits per heavy atom. The van der Waals surface area contributed by atoms with Crippen LogP contribution in [-0.4, -0.2) is 15.7 Å². The van der Waals surface area contributed by atoms with E-state index in [9.17, 15) is 4.79 Å². The summed E-state index contributed by atoms with van der Waals surface area (Å²) in [6, 6.07) is 25.9. The second-order valence-corrected chi connectivity index (χ2v) is 7.19. The van der Waals surface area contributed by atoms with Crippen molar-refractivity contribution in [3.8, 4) is 5.69 Å². The highest BCUT2D eigenvalue weighted by Crippen LogP contribution is 2.33. The lowest BCUT2D eigenvalue weighted by atomic mass is 9.99. The van der Waals surface area contributed by atoms with Crippen LogP contribution in [-0.2, 0) is 4.74 Å². The van der Waals surface area contributed by atoms with Gasteiger partial charge in [0.25, 0.3) is 0 Å². The van der Waals surface area contributed by atoms with Crippen LogP contribution in [0.1, 0.15) is 39.0 Å². The van der Waals surface area contributed by atoms with E-state index in [2.05, 4.69) is 4.85 Å². The van der Waals surface area contributed by atoms with Crippen molar-refractivity contribution in [2.75, 3.05) is 0 Å². The molecule has 5 heteroatoms. The van der Waals surface area contributed by atoms with Gasteiger partial charge in [-0.05, 0) is 43.7 Å². The molecular formula is C26H21N3O2. The van der Waals surface area contributed by atoms with Gasteiger partial charge in [0.2, 0.25) is 0 Å². The molecule has 1 unspecified atom stereocenters. The van der Waals surface area contributed by atoms with Gasteiger partial charge in [-0.1, -0.05) is 60.7 Å². The SMILES string of the molecule is [C-]#[N+]c1ccc(-n2nc(C)c(C(OC(=O)c3ccccc3)c3ccccc3)c2C)cc1. The molecule has 0 aliphatic heterocycles. The molecule has 0 spiro atoms. The molecule has 0 saturated carbocycles. The first-order valence-electron chi connectivity index (χ1n) is 9.93. The number of ether oxygens (including phenoxy) is 1. The Labute approximate surface area is 181 Å². The molecule has 4 rings (SSSR count). The molecule has 0 N–H and O–H groups in total. The number of hydrogen-bond donors (Lipinski definition) is 0. The fourth-order valence-electron chi connectivity index (χ4n) is 3.62. The third-order valence-electron chi connectivity index (χ3n) is 5.17. The standard InChI is InChI=1S/C26H21N3O2/c1-18-24(19(2)29(28-18)23-16-14-22(27-3)15-17-23)25(20-10-6-4-7-11-20)31-26(30)21-12-8-5-9-13-21/h4-17,25H,1-2H3. The van der Waals surface area contributed by atoms with E-state index in [1.54, 1.807) is 24.3 Å². The summed E-state index contributed by atoms with van der Waals surface area (Å²) in [5.41, 5.74) is 5.31. The van der Waals surface area contributed by atoms with Crippen LogP contribution in [0.25, 0.3) is 10.5 Å². The first kappa shape index (κ1) is 20.1. The fourth-order valence-corrected chi connectivity index (χ4v) is 3.62. The Morgan fingerprint density at radius 1 is 0.935 bits per heavy atom. The third kappa shape index (κ3) is 4.10. The van der Waals surface area contributed by atoms with Crippen molar-refractivity contribution < 1.29 is 9.53 Å². The largest absolute Gasteiger partial charge is 0.449 e. The first-order chi connectivity index (χ1) is 15.1. The van der Waals surface area contributed by atoms with Crippen LogP contribution in [0.5, 0.6) is 0 Å². The average molecular weight is 407 g/mol. The van der Waals surface area contributed by atoms with Crippen LogP contribution in [0.15, 0.2) is 84.9 Å². The monoisotopic (exact) mass is 407 g/mol. The molecule has 1 atom stereocenters. The summed E-state index contributed by atoms with van der Waals surface area (Å²) in [6.45, 7) is 11.0. The number of esters is 1. The quantitative estimate of drug-likeness (QED) is 0.302. The molecule has 4 aromatic rings. The summed E-state index contributed by atoms with van der Waals surface area (Å²) >= 11 is 0. The Morgan fingerprint density at radius 2 is 1.55 bits per heavy atom. The first-order valence-corrected chi connectivity index (χ1v) is 9.93. The highest BCUT2D eigenvalue weighted by molar-refractivity contribution is 5.89. The zero-order valence-corrected chi connectivity index (χ0v) is 17.3. The molecule has 0 aliphatic carbocycles. The number of rotatable bonds is 5. The number of nitrogens with zero attached hydrogens (tertiary/aromatic N) is 3. The van der Waals surface area contributed by atoms with Gasteiger partial charge in [0, 0.05) is 11.3 Å². The summed E-state index contributed by atoms with van der Waals surface area (Å²) in [5.74, 6) is -0.387. The van der Waals surface area contributed by atoms with E-state index >= 15 is 0 Å². The van der Waals surface area contributed by atoms with E-state index < -0.39 is 6.10 Å². The Hall–Kier alpha value is -4.17. The van der Waals surface area contributed by atoms with Crippen molar-refractivity contribution in [1.82, 2.24) is 9.78 Å². The maximum Gasteiger partial charge on any atom is 0.339 e. The molecule has 152 valence electrons. The molecule has 0 radical (unpaired) electrons. The topological polar surface area (TPSA) is 48.5 Å². The molecule has 3 aromatic carbocycles. The molecule has 0 amide bonds. The van der Waals surface area contributed by atoms with Gasteiger partial charge >= 0.3 is 5.97 Å². The van der Waals surface area contributed by atoms with E-state index in [4.69, 9.17) is 16.4 Å². The van der Waals surface area contributed by atoms with E-state index in [1.807, 2.05) is 79.2 Å². The van der Waals surface area contributed by atoms with Crippen LogP contribution in [0, 0.1) is 20.4 Å². The number of carbonyl (C=O) groups is 1. The number of aromatic nitrogens is 2. The molecule has 1 aromatic heterocycles. The number of carbonyl (C=O) groups excluding carboxylic acids is 1. The summed E-state index contributed by atoms with van der Waals surface area (Å²) in [6.07, 6.45) is -0.592. The van der Waals surface area contributed by atoms with Gasteiger partial charge < -0.3 is 4.74 Å². The minimum absolute atomic E-state index is 0.387. The lowest BCUT2D eigenvalue weighted by molar-refractivity contribution is 0.0376. The van der Waals surface area contributed by atoms with Gasteiger partial charge in [0.1, 0.15) is 0 Å². The van der Waals surface area contributed by atoms with Crippen LogP contribution in [0.4, 0.5) is 5.69 Å². The van der Waals surface area contributed by atoms with Crippen molar-refractivity contribution in [2.24, 2.45) is 0 Å². The minimum Gasteiger partial charge on any atom is -0.449 e. The summed E-state index contributed by atoms with van der Waals surface area (Å²) < 4.78 is 7.85. The molecule has 0 aliphatic rings. The maximum atomic E-state index is 12.9. The zero-order valence-electron chi connectivity index (χ0n) is 17.3. The summed E-state index contributed by atoms with van der Waals surface area (Å²) in [7, 11) is 0. The lowest BCUT2D eigenvalue weighted by Gasteiger charge is -2.19. The van der Waals surface area contributed by atoms with Crippen molar-refractivity contribution >= 4 is 11.7 Å². The molecule has 1 heterocycles. The Kier molecular flexibility index (Phi) is 5.63. The van der Waals surface area contributed by atoms with Crippen molar-refractivity contribution in [2.45, 2.75) is 20.0 Å². The number of benzene rings is 3. The highest BCUT2D eigenvalue weighted by atomic mass is 16.5. The van der Waals surface area contributed by atoms with Gasteiger partial charge in [-0.2, -0.15) is 5.10 Å². The second-order valence-electron chi connectivity index (χ2n) is 7.19. The normalized spacial score (nSPS) is 11.5. The van der Waals surface area contributed by atoms with Gasteiger partial charge in [0.05, 0.1) is 23.5 Å². The molecule has 0 fully saturated rings. The van der Waals surface area contributed by atoms with Crippen molar-refractivity contribution in [3.63, 3.8) is 0 Å². The van der Waals surface area contributed by atoms with E-state index in [0.717, 1.165) is 28.2 Å². The average Bonchev–Trinajstić information content (AvgIpc) is 3.12. The molecular weight excluding hydrogens is 386 g/mol. The smallest absolute Gasteiger partial charge is 0.339 e. The van der Waals surface area contributed by atoms with Gasteiger partial charge in [0.15, 0.2) is 11.8 Å². The lowest BCUT2D eigenvalue weighted by Crippen LogP contribution is -2.14. The molecule has 5 nitrogen and oxygen atoms in total. The highest BCUT2D eigenvalue weighted by Gasteiger charge is 2.27. The Balaban J connectivity index is 1.77. The van der Waals surface area contributed by atoms with Crippen LogP contribution < -0.4 is 0 Å². The van der Waals surface area contributed by atoms with Crippen LogP contribution >= 0.6 is 0 Å².